The van der Waals surface area contributed by atoms with Crippen LogP contribution in [0.2, 0.25) is 0 Å². The van der Waals surface area contributed by atoms with Gasteiger partial charge < -0.3 is 9.47 Å². The maximum Gasteiger partial charge on any atom is 0.306 e. The van der Waals surface area contributed by atoms with Crippen molar-refractivity contribution in [3.05, 3.63) is 53.8 Å². The molecule has 0 aliphatic heterocycles. The molecule has 0 unspecified atom stereocenters. The fourth-order valence-electron chi connectivity index (χ4n) is 2.80. The molecule has 2 aromatic carbocycles. The van der Waals surface area contributed by atoms with Gasteiger partial charge in [0.15, 0.2) is 0 Å². The zero-order valence-electron chi connectivity index (χ0n) is 17.5. The lowest BCUT2D eigenvalue weighted by atomic mass is 10.1. The molecule has 0 fully saturated rings. The Kier molecular flexibility index (Phi) is 7.97. The van der Waals surface area contributed by atoms with Gasteiger partial charge in [-0.25, -0.2) is 17.9 Å². The Balaban J connectivity index is 1.85. The molecule has 0 bridgehead atoms. The lowest BCUT2D eigenvalue weighted by Crippen LogP contribution is -2.23. The van der Waals surface area contributed by atoms with Gasteiger partial charge in [-0.15, -0.1) is 0 Å². The van der Waals surface area contributed by atoms with Crippen molar-refractivity contribution in [2.45, 2.75) is 63.4 Å². The number of carbonyl (C=O) groups is 1. The second-order valence-electron chi connectivity index (χ2n) is 8.02. The molecule has 0 aromatic heterocycles. The highest BCUT2D eigenvalue weighted by atomic mass is 32.2. The summed E-state index contributed by atoms with van der Waals surface area (Å²) in [6, 6.07) is 10.2. The lowest BCUT2D eigenvalue weighted by molar-refractivity contribution is -0.154. The largest absolute Gasteiger partial charge is 0.460 e. The van der Waals surface area contributed by atoms with E-state index in [1.807, 2.05) is 20.8 Å². The Morgan fingerprint density at radius 3 is 2.37 bits per heavy atom. The Labute approximate surface area is 177 Å². The highest BCUT2D eigenvalue weighted by molar-refractivity contribution is 7.89. The summed E-state index contributed by atoms with van der Waals surface area (Å²) in [5, 5.41) is 5.11. The van der Waals surface area contributed by atoms with Gasteiger partial charge in [0.05, 0.1) is 4.90 Å². The van der Waals surface area contributed by atoms with Gasteiger partial charge in [-0.3, -0.25) is 4.79 Å². The molecule has 2 rings (SSSR count). The minimum Gasteiger partial charge on any atom is -0.460 e. The number of unbranched alkanes of at least 4 members (excludes halogenated alkanes) is 2. The van der Waals surface area contributed by atoms with E-state index in [-0.39, 0.29) is 22.4 Å². The van der Waals surface area contributed by atoms with Gasteiger partial charge in [0.1, 0.15) is 22.9 Å². The third-order valence-corrected chi connectivity index (χ3v) is 5.05. The molecule has 0 saturated heterocycles. The standard InChI is InChI=1S/C22H28FNO5S/c1-22(2,3)29-21(25)11-6-4-5-8-16-12-13-18(15-20(16)23)28-17-9-7-10-19(14-17)30(24,26)27/h7,9-10,12-15H,4-6,8,11H2,1-3H3,(H2,24,26,27). The zero-order chi connectivity index (χ0) is 22.4. The van der Waals surface area contributed by atoms with Gasteiger partial charge in [0.25, 0.3) is 0 Å². The number of primary sulfonamides is 1. The van der Waals surface area contributed by atoms with Crippen LogP contribution in [-0.2, 0) is 26.0 Å². The molecule has 8 heteroatoms. The van der Waals surface area contributed by atoms with Gasteiger partial charge in [0, 0.05) is 18.6 Å². The van der Waals surface area contributed by atoms with Gasteiger partial charge in [-0.05, 0) is 63.8 Å². The Morgan fingerprint density at radius 1 is 1.03 bits per heavy atom. The van der Waals surface area contributed by atoms with Crippen LogP contribution >= 0.6 is 0 Å². The highest BCUT2D eigenvalue weighted by Gasteiger charge is 2.15. The molecule has 2 aromatic rings. The number of halogens is 1. The van der Waals surface area contributed by atoms with Crippen LogP contribution < -0.4 is 9.88 Å². The molecular weight excluding hydrogens is 409 g/mol. The van der Waals surface area contributed by atoms with E-state index < -0.39 is 21.4 Å². The number of benzene rings is 2. The summed E-state index contributed by atoms with van der Waals surface area (Å²) < 4.78 is 48.0. The Bertz CT molecular complexity index is 983. The third kappa shape index (κ3) is 8.12. The number of sulfonamides is 1. The lowest BCUT2D eigenvalue weighted by Gasteiger charge is -2.19. The van der Waals surface area contributed by atoms with Crippen molar-refractivity contribution < 1.29 is 27.1 Å². The first-order valence-electron chi connectivity index (χ1n) is 9.75. The molecule has 0 atom stereocenters. The fourth-order valence-corrected chi connectivity index (χ4v) is 3.35. The van der Waals surface area contributed by atoms with Crippen molar-refractivity contribution in [2.24, 2.45) is 5.14 Å². The number of hydrogen-bond donors (Lipinski definition) is 1. The highest BCUT2D eigenvalue weighted by Crippen LogP contribution is 2.26. The Morgan fingerprint density at radius 2 is 1.73 bits per heavy atom. The van der Waals surface area contributed by atoms with E-state index in [0.29, 0.717) is 24.8 Å². The molecule has 0 radical (unpaired) electrons. The predicted molar refractivity (Wildman–Crippen MR) is 112 cm³/mol. The van der Waals surface area contributed by atoms with Crippen LogP contribution in [0.5, 0.6) is 11.5 Å². The summed E-state index contributed by atoms with van der Waals surface area (Å²) in [7, 11) is -3.85. The molecule has 0 saturated carbocycles. The van der Waals surface area contributed by atoms with Crippen LogP contribution in [0.1, 0.15) is 52.0 Å². The minimum atomic E-state index is -3.85. The molecule has 0 heterocycles. The van der Waals surface area contributed by atoms with Crippen molar-refractivity contribution >= 4 is 16.0 Å². The maximum atomic E-state index is 14.4. The first kappa shape index (κ1) is 23.8. The van der Waals surface area contributed by atoms with Gasteiger partial charge >= 0.3 is 5.97 Å². The normalized spacial score (nSPS) is 11.9. The maximum absolute atomic E-state index is 14.4. The number of rotatable bonds is 9. The van der Waals surface area contributed by atoms with Crippen molar-refractivity contribution in [3.63, 3.8) is 0 Å². The quantitative estimate of drug-likeness (QED) is 0.453. The van der Waals surface area contributed by atoms with E-state index in [4.69, 9.17) is 14.6 Å². The molecule has 30 heavy (non-hydrogen) atoms. The third-order valence-electron chi connectivity index (χ3n) is 4.14. The van der Waals surface area contributed by atoms with Crippen molar-refractivity contribution in [1.82, 2.24) is 0 Å². The van der Waals surface area contributed by atoms with Crippen LogP contribution in [-0.4, -0.2) is 20.0 Å². The number of ether oxygens (including phenoxy) is 2. The summed E-state index contributed by atoms with van der Waals surface area (Å²) in [5.74, 6) is -0.118. The van der Waals surface area contributed by atoms with Crippen LogP contribution in [0.15, 0.2) is 47.4 Å². The predicted octanol–water partition coefficient (Wildman–Crippen LogP) is 4.71. The van der Waals surface area contributed by atoms with Gasteiger partial charge in [0.2, 0.25) is 10.0 Å². The summed E-state index contributed by atoms with van der Waals surface area (Å²) >= 11 is 0. The number of hydrogen-bond acceptors (Lipinski definition) is 5. The first-order valence-corrected chi connectivity index (χ1v) is 11.3. The number of esters is 1. The number of aryl methyl sites for hydroxylation is 1. The first-order chi connectivity index (χ1) is 13.9. The van der Waals surface area contributed by atoms with Crippen molar-refractivity contribution in [1.29, 1.82) is 0 Å². The van der Waals surface area contributed by atoms with Gasteiger partial charge in [-0.1, -0.05) is 18.6 Å². The molecule has 0 amide bonds. The topological polar surface area (TPSA) is 95.7 Å². The fraction of sp³-hybridized carbons (Fsp3) is 0.409. The second kappa shape index (κ2) is 10.0. The summed E-state index contributed by atoms with van der Waals surface area (Å²) in [6.45, 7) is 5.49. The smallest absolute Gasteiger partial charge is 0.306 e. The minimum absolute atomic E-state index is 0.0801. The van der Waals surface area contributed by atoms with Crippen LogP contribution in [0.4, 0.5) is 4.39 Å². The van der Waals surface area contributed by atoms with E-state index in [1.54, 1.807) is 18.2 Å². The molecule has 6 nitrogen and oxygen atoms in total. The van der Waals surface area contributed by atoms with Crippen molar-refractivity contribution in [2.75, 3.05) is 0 Å². The number of carbonyl (C=O) groups excluding carboxylic acids is 1. The second-order valence-corrected chi connectivity index (χ2v) is 9.58. The van der Waals surface area contributed by atoms with Crippen LogP contribution in [0.25, 0.3) is 0 Å². The van der Waals surface area contributed by atoms with E-state index in [2.05, 4.69) is 0 Å². The molecular formula is C22H28FNO5S. The van der Waals surface area contributed by atoms with E-state index in [0.717, 1.165) is 12.8 Å². The number of nitrogens with two attached hydrogens (primary N) is 1. The Hall–Kier alpha value is -2.45. The molecule has 2 N–H and O–H groups in total. The zero-order valence-corrected chi connectivity index (χ0v) is 18.3. The average molecular weight is 438 g/mol. The van der Waals surface area contributed by atoms with Crippen LogP contribution in [0, 0.1) is 5.82 Å². The summed E-state index contributed by atoms with van der Waals surface area (Å²) in [5.41, 5.74) is 0.0714. The van der Waals surface area contributed by atoms with Crippen molar-refractivity contribution in [3.8, 4) is 11.5 Å². The summed E-state index contributed by atoms with van der Waals surface area (Å²) in [6.07, 6.45) is 3.12. The molecule has 164 valence electrons. The molecule has 0 aliphatic carbocycles. The average Bonchev–Trinajstić information content (AvgIpc) is 2.61. The van der Waals surface area contributed by atoms with E-state index >= 15 is 0 Å². The molecule has 0 spiro atoms. The monoisotopic (exact) mass is 437 g/mol. The van der Waals surface area contributed by atoms with Crippen LogP contribution in [0.3, 0.4) is 0 Å². The van der Waals surface area contributed by atoms with E-state index in [1.165, 1.54) is 24.3 Å². The van der Waals surface area contributed by atoms with E-state index in [9.17, 15) is 17.6 Å². The van der Waals surface area contributed by atoms with Gasteiger partial charge in [-0.2, -0.15) is 0 Å². The summed E-state index contributed by atoms with van der Waals surface area (Å²) in [4.78, 5) is 11.6. The molecule has 0 aliphatic rings. The SMILES string of the molecule is CC(C)(C)OC(=O)CCCCCc1ccc(Oc2cccc(S(N)(=O)=O)c2)cc1F.